The molecule has 0 aliphatic heterocycles. The van der Waals surface area contributed by atoms with Gasteiger partial charge in [0.25, 0.3) is 5.91 Å². The van der Waals surface area contributed by atoms with E-state index in [2.05, 4.69) is 29.2 Å². The van der Waals surface area contributed by atoms with Crippen LogP contribution in [0.5, 0.6) is 5.75 Å². The van der Waals surface area contributed by atoms with Crippen molar-refractivity contribution >= 4 is 11.6 Å². The number of rotatable bonds is 5. The summed E-state index contributed by atoms with van der Waals surface area (Å²) in [6, 6.07) is 21.2. The molecule has 0 fully saturated rings. The maximum Gasteiger partial charge on any atom is 0.295 e. The number of amides is 1. The lowest BCUT2D eigenvalue weighted by Crippen LogP contribution is -2.14. The van der Waals surface area contributed by atoms with Gasteiger partial charge in [0.1, 0.15) is 5.75 Å². The Morgan fingerprint density at radius 3 is 2.26 bits per heavy atom. The molecule has 1 heterocycles. The molecule has 6 nitrogen and oxygen atoms in total. The van der Waals surface area contributed by atoms with E-state index in [9.17, 15) is 4.79 Å². The van der Waals surface area contributed by atoms with E-state index >= 15 is 0 Å². The first-order chi connectivity index (χ1) is 14.9. The Morgan fingerprint density at radius 1 is 0.903 bits per heavy atom. The number of anilines is 1. The van der Waals surface area contributed by atoms with Crippen LogP contribution in [0.4, 0.5) is 5.69 Å². The molecule has 0 saturated heterocycles. The van der Waals surface area contributed by atoms with Crippen LogP contribution in [-0.2, 0) is 0 Å². The number of carbonyl (C=O) groups excluding carboxylic acids is 1. The second-order valence-corrected chi connectivity index (χ2v) is 7.49. The zero-order valence-electron chi connectivity index (χ0n) is 18.0. The quantitative estimate of drug-likeness (QED) is 0.494. The van der Waals surface area contributed by atoms with Crippen LogP contribution in [0.3, 0.4) is 0 Å². The average molecular weight is 412 g/mol. The van der Waals surface area contributed by atoms with Crippen molar-refractivity contribution in [2.24, 2.45) is 0 Å². The zero-order valence-corrected chi connectivity index (χ0v) is 18.0. The molecule has 0 saturated carbocycles. The second kappa shape index (κ2) is 8.44. The number of nitrogens with one attached hydrogen (secondary N) is 1. The van der Waals surface area contributed by atoms with Crippen molar-refractivity contribution in [2.75, 3.05) is 12.4 Å². The number of methoxy groups -OCH3 is 1. The number of nitrogens with zero attached hydrogens (tertiary/aromatic N) is 3. The second-order valence-electron chi connectivity index (χ2n) is 7.49. The molecule has 1 N–H and O–H groups in total. The molecule has 156 valence electrons. The summed E-state index contributed by atoms with van der Waals surface area (Å²) in [5.74, 6) is 1.06. The normalized spacial score (nSPS) is 10.7. The van der Waals surface area contributed by atoms with Crippen molar-refractivity contribution in [1.82, 2.24) is 14.8 Å². The number of aromatic nitrogens is 3. The van der Waals surface area contributed by atoms with Crippen LogP contribution in [0.15, 0.2) is 66.7 Å². The summed E-state index contributed by atoms with van der Waals surface area (Å²) >= 11 is 0. The van der Waals surface area contributed by atoms with Gasteiger partial charge in [-0.25, -0.2) is 9.67 Å². The third kappa shape index (κ3) is 4.33. The maximum absolute atomic E-state index is 12.9. The number of benzene rings is 3. The monoisotopic (exact) mass is 412 g/mol. The van der Waals surface area contributed by atoms with Crippen LogP contribution in [0.2, 0.25) is 0 Å². The first-order valence-electron chi connectivity index (χ1n) is 10.0. The largest absolute Gasteiger partial charge is 0.497 e. The lowest BCUT2D eigenvalue weighted by atomic mass is 10.1. The summed E-state index contributed by atoms with van der Waals surface area (Å²) < 4.78 is 6.88. The first-order valence-corrected chi connectivity index (χ1v) is 10.0. The highest BCUT2D eigenvalue weighted by atomic mass is 16.5. The van der Waals surface area contributed by atoms with Crippen LogP contribution >= 0.6 is 0 Å². The minimum Gasteiger partial charge on any atom is -0.497 e. The van der Waals surface area contributed by atoms with Crippen LogP contribution in [-0.4, -0.2) is 27.8 Å². The van der Waals surface area contributed by atoms with Gasteiger partial charge in [0.05, 0.1) is 12.8 Å². The van der Waals surface area contributed by atoms with Crippen molar-refractivity contribution in [2.45, 2.75) is 20.8 Å². The summed E-state index contributed by atoms with van der Waals surface area (Å²) in [6.45, 7) is 6.15. The molecule has 0 unspecified atom stereocenters. The summed E-state index contributed by atoms with van der Waals surface area (Å²) in [5, 5.41) is 7.40. The van der Waals surface area contributed by atoms with Gasteiger partial charge >= 0.3 is 0 Å². The Morgan fingerprint density at radius 2 is 1.61 bits per heavy atom. The molecule has 0 radical (unpaired) electrons. The summed E-state index contributed by atoms with van der Waals surface area (Å²) in [7, 11) is 1.60. The van der Waals surface area contributed by atoms with E-state index in [4.69, 9.17) is 4.74 Å². The molecule has 1 amide bonds. The molecule has 6 heteroatoms. The molecule has 4 aromatic rings. The number of ether oxygens (including phenoxy) is 1. The Kier molecular flexibility index (Phi) is 5.54. The first kappa shape index (κ1) is 20.3. The van der Waals surface area contributed by atoms with Crippen LogP contribution < -0.4 is 10.1 Å². The molecular formula is C25H24N4O2. The van der Waals surface area contributed by atoms with E-state index in [1.54, 1.807) is 36.1 Å². The molecule has 0 bridgehead atoms. The lowest BCUT2D eigenvalue weighted by Gasteiger charge is -2.08. The molecular weight excluding hydrogens is 388 g/mol. The summed E-state index contributed by atoms with van der Waals surface area (Å²) in [5.41, 5.74) is 5.88. The highest BCUT2D eigenvalue weighted by Gasteiger charge is 2.19. The van der Waals surface area contributed by atoms with Gasteiger partial charge < -0.3 is 10.1 Å². The van der Waals surface area contributed by atoms with Gasteiger partial charge in [0, 0.05) is 11.3 Å². The predicted octanol–water partition coefficient (Wildman–Crippen LogP) is 5.12. The minimum absolute atomic E-state index is 0.102. The number of hydrogen-bond donors (Lipinski definition) is 1. The standard InChI is InChI=1S/C25H24N4O2/c1-16-5-8-19(9-6-16)24-27-23(25(30)26-20-10-13-22(31-4)14-11-20)28-29(24)21-12-7-17(2)18(3)15-21/h5-15H,1-4H3,(H,26,30). The summed E-state index contributed by atoms with van der Waals surface area (Å²) in [4.78, 5) is 17.5. The number of carbonyl (C=O) groups is 1. The zero-order chi connectivity index (χ0) is 22.0. The Hall–Kier alpha value is -3.93. The molecule has 0 aliphatic carbocycles. The van der Waals surface area contributed by atoms with Gasteiger partial charge in [0.15, 0.2) is 5.82 Å². The molecule has 0 atom stereocenters. The summed E-state index contributed by atoms with van der Waals surface area (Å²) in [6.07, 6.45) is 0. The Balaban J connectivity index is 1.73. The molecule has 0 spiro atoms. The van der Waals surface area contributed by atoms with Gasteiger partial charge in [-0.3, -0.25) is 4.79 Å². The average Bonchev–Trinajstić information content (AvgIpc) is 3.22. The lowest BCUT2D eigenvalue weighted by molar-refractivity contribution is 0.101. The predicted molar refractivity (Wildman–Crippen MR) is 122 cm³/mol. The van der Waals surface area contributed by atoms with E-state index in [-0.39, 0.29) is 11.7 Å². The van der Waals surface area contributed by atoms with Crippen molar-refractivity contribution in [3.8, 4) is 22.8 Å². The molecule has 0 aliphatic rings. The topological polar surface area (TPSA) is 69.0 Å². The van der Waals surface area contributed by atoms with Crippen LogP contribution in [0, 0.1) is 20.8 Å². The van der Waals surface area contributed by atoms with Gasteiger partial charge in [-0.1, -0.05) is 35.9 Å². The van der Waals surface area contributed by atoms with Crippen LogP contribution in [0.25, 0.3) is 17.1 Å². The molecule has 4 rings (SSSR count). The van der Waals surface area contributed by atoms with Gasteiger partial charge in [-0.2, -0.15) is 0 Å². The SMILES string of the molecule is COc1ccc(NC(=O)c2nc(-c3ccc(C)cc3)n(-c3ccc(C)c(C)c3)n2)cc1. The fraction of sp³-hybridized carbons (Fsp3) is 0.160. The van der Waals surface area contributed by atoms with Crippen molar-refractivity contribution in [3.63, 3.8) is 0 Å². The van der Waals surface area contributed by atoms with Crippen molar-refractivity contribution < 1.29 is 9.53 Å². The van der Waals surface area contributed by atoms with E-state index in [0.717, 1.165) is 28.1 Å². The van der Waals surface area contributed by atoms with E-state index in [1.807, 2.05) is 49.4 Å². The Bertz CT molecular complexity index is 1230. The number of aryl methyl sites for hydroxylation is 3. The van der Waals surface area contributed by atoms with Gasteiger partial charge in [-0.05, 0) is 68.3 Å². The van der Waals surface area contributed by atoms with Crippen LogP contribution in [0.1, 0.15) is 27.3 Å². The molecule has 1 aromatic heterocycles. The van der Waals surface area contributed by atoms with Gasteiger partial charge in [-0.15, -0.1) is 5.10 Å². The third-order valence-corrected chi connectivity index (χ3v) is 5.20. The highest BCUT2D eigenvalue weighted by molar-refractivity contribution is 6.01. The number of hydrogen-bond acceptors (Lipinski definition) is 4. The fourth-order valence-corrected chi connectivity index (χ4v) is 3.20. The third-order valence-electron chi connectivity index (χ3n) is 5.20. The van der Waals surface area contributed by atoms with Crippen molar-refractivity contribution in [1.29, 1.82) is 0 Å². The molecule has 31 heavy (non-hydrogen) atoms. The van der Waals surface area contributed by atoms with Gasteiger partial charge in [0.2, 0.25) is 5.82 Å². The van der Waals surface area contributed by atoms with E-state index in [1.165, 1.54) is 5.56 Å². The maximum atomic E-state index is 12.9. The molecule has 3 aromatic carbocycles. The smallest absolute Gasteiger partial charge is 0.295 e. The Labute approximate surface area is 181 Å². The van der Waals surface area contributed by atoms with Crippen molar-refractivity contribution in [3.05, 3.63) is 89.2 Å². The highest BCUT2D eigenvalue weighted by Crippen LogP contribution is 2.24. The minimum atomic E-state index is -0.374. The fourth-order valence-electron chi connectivity index (χ4n) is 3.20. The van der Waals surface area contributed by atoms with E-state index in [0.29, 0.717) is 11.5 Å². The van der Waals surface area contributed by atoms with E-state index < -0.39 is 0 Å².